The summed E-state index contributed by atoms with van der Waals surface area (Å²) in [6.45, 7) is 2.01. The second-order valence-electron chi connectivity index (χ2n) is 3.52. The fourth-order valence-electron chi connectivity index (χ4n) is 1.09. The zero-order valence-corrected chi connectivity index (χ0v) is 10.6. The summed E-state index contributed by atoms with van der Waals surface area (Å²) in [5.74, 6) is -0.233. The number of carbonyl (C=O) groups is 1. The first-order valence-corrected chi connectivity index (χ1v) is 5.67. The van der Waals surface area contributed by atoms with Gasteiger partial charge in [0.2, 0.25) is 0 Å². The maximum Gasteiger partial charge on any atom is 0.319 e. The molecule has 0 aromatic heterocycles. The SMILES string of the molecule is CC(C#N)CNC(=O)Nc1cc(Cl)cc(Cl)c1. The Bertz CT molecular complexity index is 436. The van der Waals surface area contributed by atoms with Crippen molar-refractivity contribution in [3.05, 3.63) is 28.2 Å². The minimum absolute atomic E-state index is 0.233. The Kier molecular flexibility index (Phi) is 5.08. The summed E-state index contributed by atoms with van der Waals surface area (Å²) in [5, 5.41) is 14.6. The molecule has 1 unspecified atom stereocenters. The van der Waals surface area contributed by atoms with Gasteiger partial charge in [0, 0.05) is 22.3 Å². The monoisotopic (exact) mass is 271 g/mol. The predicted octanol–water partition coefficient (Wildman–Crippen LogP) is 3.27. The molecule has 0 aliphatic rings. The number of carbonyl (C=O) groups excluding carboxylic acids is 1. The topological polar surface area (TPSA) is 64.9 Å². The predicted molar refractivity (Wildman–Crippen MR) is 68.3 cm³/mol. The second-order valence-corrected chi connectivity index (χ2v) is 4.40. The van der Waals surface area contributed by atoms with Crippen molar-refractivity contribution in [2.24, 2.45) is 5.92 Å². The molecular weight excluding hydrogens is 261 g/mol. The maximum atomic E-state index is 11.4. The third-order valence-electron chi connectivity index (χ3n) is 1.91. The highest BCUT2D eigenvalue weighted by molar-refractivity contribution is 6.35. The fraction of sp³-hybridized carbons (Fsp3) is 0.273. The lowest BCUT2D eigenvalue weighted by molar-refractivity contribution is 0.251. The zero-order valence-electron chi connectivity index (χ0n) is 9.13. The van der Waals surface area contributed by atoms with Crippen LogP contribution in [0.3, 0.4) is 0 Å². The smallest absolute Gasteiger partial charge is 0.319 e. The summed E-state index contributed by atoms with van der Waals surface area (Å²) in [6, 6.07) is 6.36. The Morgan fingerprint density at radius 2 is 2.00 bits per heavy atom. The van der Waals surface area contributed by atoms with E-state index in [9.17, 15) is 4.79 Å². The number of nitrogens with zero attached hydrogens (tertiary/aromatic N) is 1. The zero-order chi connectivity index (χ0) is 12.8. The highest BCUT2D eigenvalue weighted by Crippen LogP contribution is 2.22. The van der Waals surface area contributed by atoms with Crippen molar-refractivity contribution in [3.8, 4) is 6.07 Å². The quantitative estimate of drug-likeness (QED) is 0.886. The van der Waals surface area contributed by atoms with Gasteiger partial charge >= 0.3 is 6.03 Å². The Hall–Kier alpha value is -1.44. The van der Waals surface area contributed by atoms with Crippen LogP contribution in [-0.2, 0) is 0 Å². The third-order valence-corrected chi connectivity index (χ3v) is 2.35. The number of hydrogen-bond donors (Lipinski definition) is 2. The van der Waals surface area contributed by atoms with Crippen LogP contribution < -0.4 is 10.6 Å². The molecular formula is C11H11Cl2N3O. The lowest BCUT2D eigenvalue weighted by Gasteiger charge is -2.08. The number of urea groups is 1. The Balaban J connectivity index is 2.54. The number of halogens is 2. The number of amides is 2. The van der Waals surface area contributed by atoms with Crippen molar-refractivity contribution in [1.29, 1.82) is 5.26 Å². The summed E-state index contributed by atoms with van der Waals surface area (Å²) in [6.07, 6.45) is 0. The van der Waals surface area contributed by atoms with E-state index in [-0.39, 0.29) is 12.5 Å². The minimum Gasteiger partial charge on any atom is -0.337 e. The van der Waals surface area contributed by atoms with E-state index < -0.39 is 6.03 Å². The largest absolute Gasteiger partial charge is 0.337 e. The van der Waals surface area contributed by atoms with E-state index in [4.69, 9.17) is 28.5 Å². The van der Waals surface area contributed by atoms with Gasteiger partial charge in [0.25, 0.3) is 0 Å². The number of hydrogen-bond acceptors (Lipinski definition) is 2. The van der Waals surface area contributed by atoms with Gasteiger partial charge in [0.1, 0.15) is 0 Å². The van der Waals surface area contributed by atoms with Crippen LogP contribution in [-0.4, -0.2) is 12.6 Å². The lowest BCUT2D eigenvalue weighted by atomic mass is 10.2. The van der Waals surface area contributed by atoms with E-state index in [0.717, 1.165) is 0 Å². The van der Waals surface area contributed by atoms with Gasteiger partial charge in [0.05, 0.1) is 12.0 Å². The summed E-state index contributed by atoms with van der Waals surface area (Å²) in [5.41, 5.74) is 0.504. The molecule has 4 nitrogen and oxygen atoms in total. The first-order valence-electron chi connectivity index (χ1n) is 4.92. The molecule has 1 aromatic carbocycles. The fourth-order valence-corrected chi connectivity index (χ4v) is 1.62. The van der Waals surface area contributed by atoms with Crippen LogP contribution in [0, 0.1) is 17.2 Å². The minimum atomic E-state index is -0.398. The molecule has 90 valence electrons. The third kappa shape index (κ3) is 4.94. The first kappa shape index (κ1) is 13.6. The van der Waals surface area contributed by atoms with Crippen LogP contribution in [0.1, 0.15) is 6.92 Å². The van der Waals surface area contributed by atoms with Gasteiger partial charge in [-0.15, -0.1) is 0 Å². The molecule has 17 heavy (non-hydrogen) atoms. The molecule has 6 heteroatoms. The molecule has 0 saturated carbocycles. The van der Waals surface area contributed by atoms with Crippen LogP contribution in [0.4, 0.5) is 10.5 Å². The van der Waals surface area contributed by atoms with Gasteiger partial charge < -0.3 is 10.6 Å². The molecule has 1 aromatic rings. The van der Waals surface area contributed by atoms with E-state index in [1.54, 1.807) is 25.1 Å². The molecule has 0 fully saturated rings. The highest BCUT2D eigenvalue weighted by atomic mass is 35.5. The van der Waals surface area contributed by atoms with E-state index in [1.165, 1.54) is 0 Å². The van der Waals surface area contributed by atoms with Crippen molar-refractivity contribution < 1.29 is 4.79 Å². The molecule has 1 rings (SSSR count). The average molecular weight is 272 g/mol. The molecule has 0 aliphatic carbocycles. The maximum absolute atomic E-state index is 11.4. The van der Waals surface area contributed by atoms with Crippen molar-refractivity contribution in [2.75, 3.05) is 11.9 Å². The van der Waals surface area contributed by atoms with Crippen molar-refractivity contribution in [3.63, 3.8) is 0 Å². The highest BCUT2D eigenvalue weighted by Gasteiger charge is 2.05. The molecule has 1 atom stereocenters. The normalized spacial score (nSPS) is 11.4. The van der Waals surface area contributed by atoms with Gasteiger partial charge in [-0.3, -0.25) is 0 Å². The molecule has 2 amide bonds. The summed E-state index contributed by atoms with van der Waals surface area (Å²) in [4.78, 5) is 11.4. The second kappa shape index (κ2) is 6.33. The van der Waals surface area contributed by atoms with Gasteiger partial charge in [-0.05, 0) is 25.1 Å². The first-order chi connectivity index (χ1) is 8.01. The Labute approximate surface area is 110 Å². The Morgan fingerprint density at radius 1 is 1.41 bits per heavy atom. The van der Waals surface area contributed by atoms with Crippen LogP contribution >= 0.6 is 23.2 Å². The number of anilines is 1. The number of nitrogens with one attached hydrogen (secondary N) is 2. The summed E-state index contributed by atoms with van der Waals surface area (Å²) >= 11 is 11.6. The van der Waals surface area contributed by atoms with Gasteiger partial charge in [0.15, 0.2) is 0 Å². The average Bonchev–Trinajstić information content (AvgIpc) is 2.24. The molecule has 0 radical (unpaired) electrons. The van der Waals surface area contributed by atoms with E-state index in [2.05, 4.69) is 10.6 Å². The molecule has 2 N–H and O–H groups in total. The molecule has 0 aliphatic heterocycles. The van der Waals surface area contributed by atoms with Gasteiger partial charge in [-0.2, -0.15) is 5.26 Å². The number of benzene rings is 1. The number of rotatable bonds is 3. The number of nitriles is 1. The summed E-state index contributed by atoms with van der Waals surface area (Å²) in [7, 11) is 0. The van der Waals surface area contributed by atoms with Crippen LogP contribution in [0.25, 0.3) is 0 Å². The summed E-state index contributed by atoms with van der Waals surface area (Å²) < 4.78 is 0. The van der Waals surface area contributed by atoms with Gasteiger partial charge in [-0.1, -0.05) is 23.2 Å². The van der Waals surface area contributed by atoms with Crippen molar-refractivity contribution in [2.45, 2.75) is 6.92 Å². The molecule has 0 saturated heterocycles. The molecule has 0 spiro atoms. The molecule has 0 heterocycles. The van der Waals surface area contributed by atoms with E-state index in [1.807, 2.05) is 6.07 Å². The van der Waals surface area contributed by atoms with Crippen LogP contribution in [0.15, 0.2) is 18.2 Å². The van der Waals surface area contributed by atoms with E-state index in [0.29, 0.717) is 15.7 Å². The van der Waals surface area contributed by atoms with Crippen LogP contribution in [0.2, 0.25) is 10.0 Å². The van der Waals surface area contributed by atoms with E-state index >= 15 is 0 Å². The van der Waals surface area contributed by atoms with Crippen LogP contribution in [0.5, 0.6) is 0 Å². The molecule has 0 bridgehead atoms. The Morgan fingerprint density at radius 3 is 2.53 bits per heavy atom. The standard InChI is InChI=1S/C11H11Cl2N3O/c1-7(5-14)6-15-11(17)16-10-3-8(12)2-9(13)4-10/h2-4,7H,6H2,1H3,(H2,15,16,17). The lowest BCUT2D eigenvalue weighted by Crippen LogP contribution is -2.31. The van der Waals surface area contributed by atoms with Crippen molar-refractivity contribution in [1.82, 2.24) is 5.32 Å². The van der Waals surface area contributed by atoms with Gasteiger partial charge in [-0.25, -0.2) is 4.79 Å². The van der Waals surface area contributed by atoms with Crippen molar-refractivity contribution >= 4 is 34.9 Å².